The number of amides is 2. The largest absolute Gasteiger partial charge is 0.351 e. The van der Waals surface area contributed by atoms with Gasteiger partial charge in [0.05, 0.1) is 0 Å². The minimum Gasteiger partial charge on any atom is -0.351 e. The minimum absolute atomic E-state index is 0.0127. The molecule has 80 valence electrons. The van der Waals surface area contributed by atoms with Gasteiger partial charge in [-0.25, -0.2) is 10.5 Å². The number of nitrogens with one attached hydrogen (secondary N) is 2. The molecule has 0 fully saturated rings. The molecule has 0 aliphatic heterocycles. The predicted octanol–water partition coefficient (Wildman–Crippen LogP) is -0.0497. The number of aromatic nitrogens is 1. The molecule has 1 heterocycles. The lowest BCUT2D eigenvalue weighted by Gasteiger charge is -2.02. The van der Waals surface area contributed by atoms with Crippen molar-refractivity contribution in [1.82, 2.24) is 15.8 Å². The van der Waals surface area contributed by atoms with E-state index < -0.39 is 5.91 Å². The molecule has 0 aliphatic carbocycles. The van der Waals surface area contributed by atoms with Gasteiger partial charge < -0.3 is 5.32 Å². The first-order valence-electron chi connectivity index (χ1n) is 4.38. The van der Waals surface area contributed by atoms with Crippen molar-refractivity contribution in [2.24, 2.45) is 0 Å². The van der Waals surface area contributed by atoms with E-state index in [9.17, 15) is 9.59 Å². The van der Waals surface area contributed by atoms with Crippen LogP contribution in [0.1, 0.15) is 27.9 Å². The first-order chi connectivity index (χ1) is 7.19. The summed E-state index contributed by atoms with van der Waals surface area (Å²) < 4.78 is 0. The lowest BCUT2D eigenvalue weighted by molar-refractivity contribution is 0.0700. The van der Waals surface area contributed by atoms with Crippen molar-refractivity contribution in [2.45, 2.75) is 6.92 Å². The van der Waals surface area contributed by atoms with E-state index in [0.29, 0.717) is 6.54 Å². The molecule has 6 nitrogen and oxygen atoms in total. The summed E-state index contributed by atoms with van der Waals surface area (Å²) in [7, 11) is 0. The third-order valence-electron chi connectivity index (χ3n) is 1.65. The Morgan fingerprint density at radius 2 is 1.93 bits per heavy atom. The van der Waals surface area contributed by atoms with Crippen molar-refractivity contribution in [1.29, 1.82) is 0 Å². The molecule has 0 atom stereocenters. The van der Waals surface area contributed by atoms with Gasteiger partial charge in [0.25, 0.3) is 11.8 Å². The second kappa shape index (κ2) is 5.06. The SMILES string of the molecule is CCNC(=O)c1cccc(C(=O)NO)n1. The van der Waals surface area contributed by atoms with Crippen LogP contribution in [0.4, 0.5) is 0 Å². The summed E-state index contributed by atoms with van der Waals surface area (Å²) in [4.78, 5) is 26.1. The molecule has 1 aromatic heterocycles. The Morgan fingerprint density at radius 3 is 2.47 bits per heavy atom. The summed E-state index contributed by atoms with van der Waals surface area (Å²) in [5.41, 5.74) is 1.57. The fourth-order valence-corrected chi connectivity index (χ4v) is 0.996. The zero-order chi connectivity index (χ0) is 11.3. The van der Waals surface area contributed by atoms with Crippen molar-refractivity contribution in [2.75, 3.05) is 6.54 Å². The molecule has 0 unspecified atom stereocenters. The van der Waals surface area contributed by atoms with Gasteiger partial charge in [0.2, 0.25) is 0 Å². The number of hydrogen-bond acceptors (Lipinski definition) is 4. The molecule has 0 aliphatic rings. The summed E-state index contributed by atoms with van der Waals surface area (Å²) in [6, 6.07) is 4.40. The average Bonchev–Trinajstić information content (AvgIpc) is 2.28. The highest BCUT2D eigenvalue weighted by atomic mass is 16.5. The highest BCUT2D eigenvalue weighted by molar-refractivity contribution is 5.95. The van der Waals surface area contributed by atoms with E-state index in [0.717, 1.165) is 0 Å². The molecule has 1 rings (SSSR count). The summed E-state index contributed by atoms with van der Waals surface area (Å²) in [6.07, 6.45) is 0. The van der Waals surface area contributed by atoms with Crippen molar-refractivity contribution in [3.8, 4) is 0 Å². The number of carbonyl (C=O) groups excluding carboxylic acids is 2. The lowest BCUT2D eigenvalue weighted by Crippen LogP contribution is -2.26. The Labute approximate surface area is 86.3 Å². The minimum atomic E-state index is -0.749. The maximum atomic E-state index is 11.3. The number of carbonyl (C=O) groups is 2. The first kappa shape index (κ1) is 11.1. The molecule has 3 N–H and O–H groups in total. The Bertz CT molecular complexity index is 379. The summed E-state index contributed by atoms with van der Waals surface area (Å²) in [5, 5.41) is 10.9. The molecule has 0 saturated heterocycles. The number of nitrogens with zero attached hydrogens (tertiary/aromatic N) is 1. The number of hydrogen-bond donors (Lipinski definition) is 3. The van der Waals surface area contributed by atoms with Crippen LogP contribution in [-0.2, 0) is 0 Å². The van der Waals surface area contributed by atoms with E-state index >= 15 is 0 Å². The van der Waals surface area contributed by atoms with Crippen LogP contribution in [0.2, 0.25) is 0 Å². The van der Waals surface area contributed by atoms with E-state index in [-0.39, 0.29) is 17.3 Å². The smallest absolute Gasteiger partial charge is 0.293 e. The maximum Gasteiger partial charge on any atom is 0.293 e. The van der Waals surface area contributed by atoms with Gasteiger partial charge in [0, 0.05) is 6.54 Å². The van der Waals surface area contributed by atoms with Gasteiger partial charge in [-0.3, -0.25) is 14.8 Å². The summed E-state index contributed by atoms with van der Waals surface area (Å²) >= 11 is 0. The van der Waals surface area contributed by atoms with E-state index in [2.05, 4.69) is 10.3 Å². The van der Waals surface area contributed by atoms with Gasteiger partial charge in [-0.2, -0.15) is 0 Å². The van der Waals surface area contributed by atoms with E-state index in [1.54, 1.807) is 6.92 Å². The van der Waals surface area contributed by atoms with E-state index in [4.69, 9.17) is 5.21 Å². The first-order valence-corrected chi connectivity index (χ1v) is 4.38. The topological polar surface area (TPSA) is 91.3 Å². The van der Waals surface area contributed by atoms with Crippen molar-refractivity contribution >= 4 is 11.8 Å². The lowest BCUT2D eigenvalue weighted by atomic mass is 10.3. The molecule has 15 heavy (non-hydrogen) atoms. The monoisotopic (exact) mass is 209 g/mol. The molecule has 2 amide bonds. The van der Waals surface area contributed by atoms with Crippen LogP contribution in [0.5, 0.6) is 0 Å². The van der Waals surface area contributed by atoms with Gasteiger partial charge in [0.1, 0.15) is 11.4 Å². The fraction of sp³-hybridized carbons (Fsp3) is 0.222. The number of pyridine rings is 1. The molecule has 6 heteroatoms. The second-order valence-electron chi connectivity index (χ2n) is 2.71. The highest BCUT2D eigenvalue weighted by Crippen LogP contribution is 1.99. The normalized spacial score (nSPS) is 9.47. The average molecular weight is 209 g/mol. The van der Waals surface area contributed by atoms with Gasteiger partial charge in [0.15, 0.2) is 0 Å². The molecule has 1 aromatic rings. The van der Waals surface area contributed by atoms with Crippen LogP contribution in [-0.4, -0.2) is 28.6 Å². The van der Waals surface area contributed by atoms with Crippen LogP contribution in [0.3, 0.4) is 0 Å². The van der Waals surface area contributed by atoms with Crippen LogP contribution in [0.25, 0.3) is 0 Å². The quantitative estimate of drug-likeness (QED) is 0.480. The van der Waals surface area contributed by atoms with Crippen molar-refractivity contribution in [3.05, 3.63) is 29.6 Å². The fourth-order valence-electron chi connectivity index (χ4n) is 0.996. The predicted molar refractivity (Wildman–Crippen MR) is 51.5 cm³/mol. The molecule has 0 saturated carbocycles. The number of hydroxylamine groups is 1. The van der Waals surface area contributed by atoms with Gasteiger partial charge in [-0.1, -0.05) is 6.07 Å². The zero-order valence-electron chi connectivity index (χ0n) is 8.15. The van der Waals surface area contributed by atoms with Gasteiger partial charge in [-0.15, -0.1) is 0 Å². The molecule has 0 radical (unpaired) electrons. The van der Waals surface area contributed by atoms with Crippen LogP contribution >= 0.6 is 0 Å². The molecule has 0 spiro atoms. The highest BCUT2D eigenvalue weighted by Gasteiger charge is 2.10. The van der Waals surface area contributed by atoms with Crippen molar-refractivity contribution < 1.29 is 14.8 Å². The number of rotatable bonds is 3. The summed E-state index contributed by atoms with van der Waals surface area (Å²) in [6.45, 7) is 2.26. The maximum absolute atomic E-state index is 11.3. The van der Waals surface area contributed by atoms with Crippen molar-refractivity contribution in [3.63, 3.8) is 0 Å². The van der Waals surface area contributed by atoms with Gasteiger partial charge >= 0.3 is 0 Å². The Hall–Kier alpha value is -1.95. The summed E-state index contributed by atoms with van der Waals surface area (Å²) in [5.74, 6) is -1.11. The molecular formula is C9H11N3O3. The van der Waals surface area contributed by atoms with E-state index in [1.165, 1.54) is 23.7 Å². The molecule has 0 aromatic carbocycles. The molecular weight excluding hydrogens is 198 g/mol. The van der Waals surface area contributed by atoms with Gasteiger partial charge in [-0.05, 0) is 19.1 Å². The Balaban J connectivity index is 2.92. The van der Waals surface area contributed by atoms with E-state index in [1.807, 2.05) is 0 Å². The second-order valence-corrected chi connectivity index (χ2v) is 2.71. The van der Waals surface area contributed by atoms with Crippen LogP contribution in [0, 0.1) is 0 Å². The zero-order valence-corrected chi connectivity index (χ0v) is 8.15. The third-order valence-corrected chi connectivity index (χ3v) is 1.65. The van der Waals surface area contributed by atoms with Crippen LogP contribution < -0.4 is 10.8 Å². The third kappa shape index (κ3) is 2.75. The Morgan fingerprint density at radius 1 is 1.33 bits per heavy atom. The standard InChI is InChI=1S/C9H11N3O3/c1-2-10-8(13)6-4-3-5-7(11-6)9(14)12-15/h3-5,15H,2H2,1H3,(H,10,13)(H,12,14). The molecule has 0 bridgehead atoms. The van der Waals surface area contributed by atoms with Crippen LogP contribution in [0.15, 0.2) is 18.2 Å². The Kier molecular flexibility index (Phi) is 3.75.